The second-order valence-corrected chi connectivity index (χ2v) is 5.91. The van der Waals surface area contributed by atoms with Gasteiger partial charge in [-0.3, -0.25) is 0 Å². The number of hydrogen-bond donors (Lipinski definition) is 1. The number of benzene rings is 1. The third kappa shape index (κ3) is 3.51. The third-order valence-corrected chi connectivity index (χ3v) is 3.15. The molecule has 0 aromatic heterocycles. The van der Waals surface area contributed by atoms with Crippen molar-refractivity contribution in [1.29, 1.82) is 0 Å². The third-order valence-electron chi connectivity index (χ3n) is 3.15. The highest BCUT2D eigenvalue weighted by Gasteiger charge is 2.27. The molecule has 4 heteroatoms. The molecule has 1 aromatic rings. The number of rotatable bonds is 4. The van der Waals surface area contributed by atoms with Crippen molar-refractivity contribution < 1.29 is 14.3 Å². The number of hydrogen-bond acceptors (Lipinski definition) is 4. The van der Waals surface area contributed by atoms with E-state index in [0.29, 0.717) is 17.9 Å². The second kappa shape index (κ2) is 6.27. The van der Waals surface area contributed by atoms with E-state index >= 15 is 0 Å². The van der Waals surface area contributed by atoms with Crippen molar-refractivity contribution in [2.24, 2.45) is 5.73 Å². The number of esters is 1. The maximum Gasteiger partial charge on any atom is 0.327 e. The van der Waals surface area contributed by atoms with Gasteiger partial charge in [0.05, 0.1) is 13.7 Å². The van der Waals surface area contributed by atoms with Gasteiger partial charge in [-0.15, -0.1) is 0 Å². The van der Waals surface area contributed by atoms with E-state index in [0.717, 1.165) is 11.1 Å². The van der Waals surface area contributed by atoms with Gasteiger partial charge in [0, 0.05) is 11.1 Å². The molecule has 0 radical (unpaired) electrons. The van der Waals surface area contributed by atoms with Gasteiger partial charge in [-0.05, 0) is 19.3 Å². The standard InChI is InChI=1S/C16H25NO3/c1-7-20-15(18)13(17)11-8-10(2)9-12(14(11)19-6)16(3,4)5/h8-9,13H,7,17H2,1-6H3. The number of aryl methyl sites for hydroxylation is 1. The molecule has 112 valence electrons. The fourth-order valence-corrected chi connectivity index (χ4v) is 2.18. The van der Waals surface area contributed by atoms with Crippen LogP contribution in [0, 0.1) is 6.92 Å². The summed E-state index contributed by atoms with van der Waals surface area (Å²) in [6.07, 6.45) is 0. The van der Waals surface area contributed by atoms with Crippen molar-refractivity contribution in [3.8, 4) is 5.75 Å². The van der Waals surface area contributed by atoms with Crippen LogP contribution in [-0.2, 0) is 14.9 Å². The lowest BCUT2D eigenvalue weighted by Crippen LogP contribution is -2.25. The Hall–Kier alpha value is -1.55. The second-order valence-electron chi connectivity index (χ2n) is 5.91. The molecule has 2 N–H and O–H groups in total. The van der Waals surface area contributed by atoms with E-state index in [4.69, 9.17) is 15.2 Å². The smallest absolute Gasteiger partial charge is 0.327 e. The van der Waals surface area contributed by atoms with E-state index in [1.165, 1.54) is 0 Å². The van der Waals surface area contributed by atoms with Crippen LogP contribution in [0.15, 0.2) is 12.1 Å². The Morgan fingerprint density at radius 2 is 1.95 bits per heavy atom. The number of ether oxygens (including phenoxy) is 2. The van der Waals surface area contributed by atoms with E-state index < -0.39 is 12.0 Å². The van der Waals surface area contributed by atoms with Crippen LogP contribution in [0.5, 0.6) is 5.75 Å². The first kappa shape index (κ1) is 16.5. The van der Waals surface area contributed by atoms with Gasteiger partial charge in [-0.2, -0.15) is 0 Å². The minimum absolute atomic E-state index is 0.0967. The molecule has 0 saturated heterocycles. The molecule has 1 unspecified atom stereocenters. The monoisotopic (exact) mass is 279 g/mol. The van der Waals surface area contributed by atoms with Gasteiger partial charge < -0.3 is 15.2 Å². The summed E-state index contributed by atoms with van der Waals surface area (Å²) < 4.78 is 10.5. The Balaban J connectivity index is 3.39. The first-order valence-electron chi connectivity index (χ1n) is 6.83. The van der Waals surface area contributed by atoms with Gasteiger partial charge in [-0.25, -0.2) is 4.79 Å². The van der Waals surface area contributed by atoms with Crippen molar-refractivity contribution in [3.63, 3.8) is 0 Å². The molecule has 0 aliphatic carbocycles. The molecule has 0 heterocycles. The van der Waals surface area contributed by atoms with Crippen LogP contribution < -0.4 is 10.5 Å². The summed E-state index contributed by atoms with van der Waals surface area (Å²) in [6, 6.07) is 3.13. The van der Waals surface area contributed by atoms with Gasteiger partial charge >= 0.3 is 5.97 Å². The van der Waals surface area contributed by atoms with E-state index in [9.17, 15) is 4.79 Å². The van der Waals surface area contributed by atoms with Crippen molar-refractivity contribution in [3.05, 3.63) is 28.8 Å². The quantitative estimate of drug-likeness (QED) is 0.861. The van der Waals surface area contributed by atoms with E-state index in [-0.39, 0.29) is 5.41 Å². The maximum absolute atomic E-state index is 11.9. The average Bonchev–Trinajstić information content (AvgIpc) is 2.36. The molecule has 0 fully saturated rings. The first-order valence-corrected chi connectivity index (χ1v) is 6.83. The van der Waals surface area contributed by atoms with Crippen molar-refractivity contribution >= 4 is 5.97 Å². The summed E-state index contributed by atoms with van der Waals surface area (Å²) in [6.45, 7) is 10.4. The highest BCUT2D eigenvalue weighted by molar-refractivity contribution is 5.79. The number of methoxy groups -OCH3 is 1. The zero-order valence-corrected chi connectivity index (χ0v) is 13.2. The lowest BCUT2D eigenvalue weighted by atomic mass is 9.83. The Labute approximate surface area is 121 Å². The van der Waals surface area contributed by atoms with Crippen LogP contribution in [0.2, 0.25) is 0 Å². The summed E-state index contributed by atoms with van der Waals surface area (Å²) >= 11 is 0. The minimum Gasteiger partial charge on any atom is -0.496 e. The van der Waals surface area contributed by atoms with Gasteiger partial charge in [0.25, 0.3) is 0 Å². The lowest BCUT2D eigenvalue weighted by molar-refractivity contribution is -0.144. The van der Waals surface area contributed by atoms with Crippen molar-refractivity contribution in [2.75, 3.05) is 13.7 Å². The molecular formula is C16H25NO3. The zero-order chi connectivity index (χ0) is 15.5. The zero-order valence-electron chi connectivity index (χ0n) is 13.2. The minimum atomic E-state index is -0.828. The normalized spacial score (nSPS) is 12.9. The van der Waals surface area contributed by atoms with Crippen LogP contribution in [0.25, 0.3) is 0 Å². The maximum atomic E-state index is 11.9. The largest absolute Gasteiger partial charge is 0.496 e. The number of carbonyl (C=O) groups is 1. The van der Waals surface area contributed by atoms with Gasteiger partial charge in [0.1, 0.15) is 11.8 Å². The molecule has 1 rings (SSSR count). The van der Waals surface area contributed by atoms with E-state index in [2.05, 4.69) is 26.8 Å². The molecule has 4 nitrogen and oxygen atoms in total. The summed E-state index contributed by atoms with van der Waals surface area (Å²) in [7, 11) is 1.60. The Bertz CT molecular complexity index is 489. The van der Waals surface area contributed by atoms with E-state index in [1.54, 1.807) is 14.0 Å². The fraction of sp³-hybridized carbons (Fsp3) is 0.562. The fourth-order valence-electron chi connectivity index (χ4n) is 2.18. The molecular weight excluding hydrogens is 254 g/mol. The highest BCUT2D eigenvalue weighted by atomic mass is 16.5. The summed E-state index contributed by atoms with van der Waals surface area (Å²) in [5, 5.41) is 0. The molecule has 0 spiro atoms. The summed E-state index contributed by atoms with van der Waals surface area (Å²) in [5.74, 6) is 0.236. The molecule has 0 bridgehead atoms. The number of nitrogens with two attached hydrogens (primary N) is 1. The van der Waals surface area contributed by atoms with Crippen LogP contribution >= 0.6 is 0 Å². The first-order chi connectivity index (χ1) is 9.22. The SMILES string of the molecule is CCOC(=O)C(N)c1cc(C)cc(C(C)(C)C)c1OC. The van der Waals surface area contributed by atoms with Crippen LogP contribution in [0.3, 0.4) is 0 Å². The van der Waals surface area contributed by atoms with Crippen molar-refractivity contribution in [1.82, 2.24) is 0 Å². The topological polar surface area (TPSA) is 61.5 Å². The molecule has 0 aliphatic rings. The number of carbonyl (C=O) groups excluding carboxylic acids is 1. The lowest BCUT2D eigenvalue weighted by Gasteiger charge is -2.26. The molecule has 0 amide bonds. The predicted molar refractivity (Wildman–Crippen MR) is 80.0 cm³/mol. The molecule has 0 saturated carbocycles. The van der Waals surface area contributed by atoms with Crippen LogP contribution in [0.1, 0.15) is 50.4 Å². The van der Waals surface area contributed by atoms with Gasteiger partial charge in [0.15, 0.2) is 0 Å². The van der Waals surface area contributed by atoms with Crippen LogP contribution in [0.4, 0.5) is 0 Å². The summed E-state index contributed by atoms with van der Waals surface area (Å²) in [4.78, 5) is 11.9. The van der Waals surface area contributed by atoms with Crippen molar-refractivity contribution in [2.45, 2.75) is 46.1 Å². The van der Waals surface area contributed by atoms with Gasteiger partial charge in [-0.1, -0.05) is 38.5 Å². The highest BCUT2D eigenvalue weighted by Crippen LogP contribution is 2.37. The molecule has 20 heavy (non-hydrogen) atoms. The Morgan fingerprint density at radius 3 is 2.40 bits per heavy atom. The molecule has 1 atom stereocenters. The Morgan fingerprint density at radius 1 is 1.35 bits per heavy atom. The predicted octanol–water partition coefficient (Wildman–Crippen LogP) is 2.86. The molecule has 1 aromatic carbocycles. The Kier molecular flexibility index (Phi) is 5.17. The van der Waals surface area contributed by atoms with E-state index in [1.807, 2.05) is 13.0 Å². The van der Waals surface area contributed by atoms with Gasteiger partial charge in [0.2, 0.25) is 0 Å². The average molecular weight is 279 g/mol. The molecule has 0 aliphatic heterocycles. The summed E-state index contributed by atoms with van der Waals surface area (Å²) in [5.41, 5.74) is 8.69. The van der Waals surface area contributed by atoms with Crippen LogP contribution in [-0.4, -0.2) is 19.7 Å².